The van der Waals surface area contributed by atoms with Crippen LogP contribution in [0.15, 0.2) is 194 Å². The molecule has 1 nitrogen and oxygen atoms in total. The molecular weight excluding hydrogens is 627 g/mol. The highest BCUT2D eigenvalue weighted by molar-refractivity contribution is 6.07. The van der Waals surface area contributed by atoms with Gasteiger partial charge in [0.2, 0.25) is 0 Å². The first-order valence-electron chi connectivity index (χ1n) is 18.3. The van der Waals surface area contributed by atoms with Crippen LogP contribution in [-0.2, 0) is 10.8 Å². The number of allylic oxidation sites excluding steroid dienone is 4. The molecule has 1 heteroatoms. The first-order chi connectivity index (χ1) is 25.5. The Morgan fingerprint density at radius 2 is 1.12 bits per heavy atom. The number of nitrogens with zero attached hydrogens (tertiary/aromatic N) is 1. The van der Waals surface area contributed by atoms with Gasteiger partial charge in [-0.05, 0) is 98.3 Å². The lowest BCUT2D eigenvalue weighted by molar-refractivity contribution is 0.563. The first-order valence-corrected chi connectivity index (χ1v) is 18.3. The van der Waals surface area contributed by atoms with Crippen molar-refractivity contribution in [3.05, 3.63) is 228 Å². The summed E-state index contributed by atoms with van der Waals surface area (Å²) in [7, 11) is 0. The summed E-state index contributed by atoms with van der Waals surface area (Å²) in [4.78, 5) is 2.28. The second-order valence-corrected chi connectivity index (χ2v) is 14.5. The van der Waals surface area contributed by atoms with E-state index in [1.54, 1.807) is 0 Å². The second kappa shape index (κ2) is 12.2. The van der Waals surface area contributed by atoms with E-state index in [0.29, 0.717) is 0 Å². The topological polar surface area (TPSA) is 3.24 Å². The number of hydrogen-bond acceptors (Lipinski definition) is 1. The predicted molar refractivity (Wildman–Crippen MR) is 220 cm³/mol. The van der Waals surface area contributed by atoms with Gasteiger partial charge in [0.15, 0.2) is 0 Å². The molecule has 52 heavy (non-hydrogen) atoms. The number of hydrogen-bond donors (Lipinski definition) is 0. The van der Waals surface area contributed by atoms with Crippen LogP contribution in [0.5, 0.6) is 0 Å². The largest absolute Gasteiger partial charge is 0.310 e. The maximum Gasteiger partial charge on any atom is 0.0719 e. The molecule has 1 spiro atoms. The van der Waals surface area contributed by atoms with Gasteiger partial charge in [0.25, 0.3) is 0 Å². The van der Waals surface area contributed by atoms with Crippen LogP contribution in [0, 0.1) is 0 Å². The van der Waals surface area contributed by atoms with Crippen molar-refractivity contribution < 1.29 is 0 Å². The van der Waals surface area contributed by atoms with Crippen LogP contribution in [-0.4, -0.2) is 0 Å². The molecule has 0 N–H and O–H groups in total. The highest BCUT2D eigenvalue weighted by Gasteiger charge is 2.53. The van der Waals surface area contributed by atoms with E-state index in [-0.39, 0.29) is 5.41 Å². The van der Waals surface area contributed by atoms with Gasteiger partial charge in [-0.25, -0.2) is 0 Å². The number of benzene rings is 7. The van der Waals surface area contributed by atoms with Crippen molar-refractivity contribution in [1.29, 1.82) is 0 Å². The molecule has 7 aromatic carbocycles. The summed E-state index contributed by atoms with van der Waals surface area (Å²) in [5, 5.41) is 2.39. The molecule has 0 heterocycles. The molecule has 7 aromatic rings. The average Bonchev–Trinajstić information content (AvgIpc) is 3.48. The second-order valence-electron chi connectivity index (χ2n) is 14.5. The van der Waals surface area contributed by atoms with Gasteiger partial charge >= 0.3 is 0 Å². The summed E-state index contributed by atoms with van der Waals surface area (Å²) in [5.74, 6) is 0. The maximum absolute atomic E-state index is 4.56. The van der Waals surface area contributed by atoms with E-state index < -0.39 is 5.41 Å². The van der Waals surface area contributed by atoms with E-state index in [1.165, 1.54) is 66.4 Å². The molecule has 0 fully saturated rings. The Kier molecular flexibility index (Phi) is 7.49. The third-order valence-electron chi connectivity index (χ3n) is 11.4. The molecule has 0 aromatic heterocycles. The summed E-state index contributed by atoms with van der Waals surface area (Å²) >= 11 is 0. The van der Waals surface area contributed by atoms with Gasteiger partial charge in [0.1, 0.15) is 0 Å². The molecule has 0 saturated heterocycles. The summed E-state index contributed by atoms with van der Waals surface area (Å²) in [6.07, 6.45) is 8.22. The summed E-state index contributed by atoms with van der Waals surface area (Å²) in [5.41, 5.74) is 15.8. The molecule has 2 aliphatic rings. The lowest BCUT2D eigenvalue weighted by Crippen LogP contribution is -2.40. The highest BCUT2D eigenvalue weighted by atomic mass is 15.1. The van der Waals surface area contributed by atoms with Gasteiger partial charge in [-0.2, -0.15) is 0 Å². The van der Waals surface area contributed by atoms with Crippen molar-refractivity contribution in [3.8, 4) is 22.3 Å². The number of anilines is 2. The Hall–Kier alpha value is -6.18. The third-order valence-corrected chi connectivity index (χ3v) is 11.4. The zero-order valence-electron chi connectivity index (χ0n) is 30.0. The van der Waals surface area contributed by atoms with Crippen LogP contribution in [0.2, 0.25) is 0 Å². The highest BCUT2D eigenvalue weighted by Crippen LogP contribution is 2.62. The van der Waals surface area contributed by atoms with E-state index in [4.69, 9.17) is 0 Å². The van der Waals surface area contributed by atoms with Gasteiger partial charge in [-0.3, -0.25) is 0 Å². The molecule has 0 amide bonds. The van der Waals surface area contributed by atoms with Gasteiger partial charge < -0.3 is 4.90 Å². The fourth-order valence-electron chi connectivity index (χ4n) is 9.17. The van der Waals surface area contributed by atoms with Gasteiger partial charge in [-0.15, -0.1) is 0 Å². The van der Waals surface area contributed by atoms with Gasteiger partial charge in [0, 0.05) is 22.2 Å². The molecule has 0 aliphatic heterocycles. The Labute approximate surface area is 307 Å². The zero-order valence-corrected chi connectivity index (χ0v) is 30.0. The molecule has 0 bridgehead atoms. The summed E-state index contributed by atoms with van der Waals surface area (Å²) in [6, 6.07) is 58.5. The quantitative estimate of drug-likeness (QED) is 0.160. The van der Waals surface area contributed by atoms with E-state index in [1.807, 2.05) is 19.1 Å². The SMILES string of the molecule is C=C(/C=C\C=C/C)N(c1ccccc1)c1cccc2cccc(-c3ccc4c(c3)-c3ccccc3C43c4ccccc4C(C)(C)c4ccccc43)c12. The van der Waals surface area contributed by atoms with Crippen molar-refractivity contribution in [2.45, 2.75) is 31.6 Å². The van der Waals surface area contributed by atoms with Gasteiger partial charge in [-0.1, -0.05) is 172 Å². The number of fused-ring (bicyclic) bond motifs is 10. The fourth-order valence-corrected chi connectivity index (χ4v) is 9.17. The summed E-state index contributed by atoms with van der Waals surface area (Å²) < 4.78 is 0. The van der Waals surface area contributed by atoms with Crippen LogP contribution < -0.4 is 4.90 Å². The van der Waals surface area contributed by atoms with Crippen molar-refractivity contribution >= 4 is 22.1 Å². The number of para-hydroxylation sites is 1. The van der Waals surface area contributed by atoms with Crippen molar-refractivity contribution in [2.24, 2.45) is 0 Å². The standard InChI is InChI=1S/C51H41N/c1-5-6-8-19-35(2)52(38-22-9-7-10-23-38)48-31-18-21-36-20-17-25-39(49(36)48)37-32-33-43-41(34-37)40-24-11-12-26-42(40)51(43)46-29-15-13-27-44(46)50(3,4)45-28-14-16-30-47(45)51/h5-34H,2H2,1,3-4H3/b6-5-,19-8-. The van der Waals surface area contributed by atoms with Crippen molar-refractivity contribution in [2.75, 3.05) is 4.90 Å². The molecule has 0 atom stereocenters. The van der Waals surface area contributed by atoms with Crippen molar-refractivity contribution in [1.82, 2.24) is 0 Å². The molecule has 0 radical (unpaired) electrons. The van der Waals surface area contributed by atoms with Crippen LogP contribution in [0.3, 0.4) is 0 Å². The minimum atomic E-state index is -0.405. The molecular formula is C51H41N. The normalized spacial score (nSPS) is 14.7. The van der Waals surface area contributed by atoms with E-state index in [9.17, 15) is 0 Å². The van der Waals surface area contributed by atoms with Gasteiger partial charge in [0.05, 0.1) is 11.1 Å². The van der Waals surface area contributed by atoms with Crippen LogP contribution in [0.4, 0.5) is 11.4 Å². The smallest absolute Gasteiger partial charge is 0.0719 e. The monoisotopic (exact) mass is 667 g/mol. The molecule has 250 valence electrons. The van der Waals surface area contributed by atoms with Crippen LogP contribution >= 0.6 is 0 Å². The number of rotatable bonds is 6. The van der Waals surface area contributed by atoms with Crippen molar-refractivity contribution in [3.63, 3.8) is 0 Å². The summed E-state index contributed by atoms with van der Waals surface area (Å²) in [6.45, 7) is 11.4. The Morgan fingerprint density at radius 1 is 0.538 bits per heavy atom. The Bertz CT molecular complexity index is 2530. The lowest BCUT2D eigenvalue weighted by atomic mass is 9.55. The maximum atomic E-state index is 4.56. The predicted octanol–water partition coefficient (Wildman–Crippen LogP) is 13.3. The average molecular weight is 668 g/mol. The first kappa shape index (κ1) is 31.8. The Balaban J connectivity index is 1.30. The van der Waals surface area contributed by atoms with E-state index in [0.717, 1.165) is 17.1 Å². The molecule has 0 unspecified atom stereocenters. The molecule has 0 saturated carbocycles. The zero-order chi connectivity index (χ0) is 35.5. The molecule has 9 rings (SSSR count). The van der Waals surface area contributed by atoms with E-state index in [2.05, 4.69) is 195 Å². The minimum absolute atomic E-state index is 0.119. The minimum Gasteiger partial charge on any atom is -0.310 e. The fraction of sp³-hybridized carbons (Fsp3) is 0.0980. The third kappa shape index (κ3) is 4.55. The molecule has 2 aliphatic carbocycles. The van der Waals surface area contributed by atoms with Crippen LogP contribution in [0.25, 0.3) is 33.0 Å². The Morgan fingerprint density at radius 3 is 1.81 bits per heavy atom. The lowest BCUT2D eigenvalue weighted by Gasteiger charge is -2.46. The van der Waals surface area contributed by atoms with Crippen LogP contribution in [0.1, 0.15) is 54.2 Å². The van der Waals surface area contributed by atoms with E-state index >= 15 is 0 Å².